The Hall–Kier alpha value is -2.53. The molecule has 0 heterocycles. The Kier molecular flexibility index (Phi) is 10.2. The van der Waals surface area contributed by atoms with Gasteiger partial charge in [0.05, 0.1) is 7.11 Å². The lowest BCUT2D eigenvalue weighted by molar-refractivity contribution is -0.151. The SMILES string of the molecule is CCCCC(=O)OC(COc1ccccc1CCc1cccc(OC)c1)CN(C)C. The van der Waals surface area contributed by atoms with Gasteiger partial charge in [0.15, 0.2) is 0 Å². The maximum Gasteiger partial charge on any atom is 0.306 e. The maximum atomic E-state index is 12.1. The van der Waals surface area contributed by atoms with E-state index >= 15 is 0 Å². The van der Waals surface area contributed by atoms with Gasteiger partial charge in [-0.3, -0.25) is 4.79 Å². The second kappa shape index (κ2) is 12.9. The van der Waals surface area contributed by atoms with Gasteiger partial charge in [0.25, 0.3) is 0 Å². The van der Waals surface area contributed by atoms with Gasteiger partial charge in [0.1, 0.15) is 24.2 Å². The van der Waals surface area contributed by atoms with Crippen LogP contribution in [0.15, 0.2) is 48.5 Å². The largest absolute Gasteiger partial charge is 0.497 e. The molecule has 0 aliphatic heterocycles. The van der Waals surface area contributed by atoms with E-state index in [2.05, 4.69) is 25.1 Å². The Labute approximate surface area is 180 Å². The van der Waals surface area contributed by atoms with Gasteiger partial charge in [0, 0.05) is 13.0 Å². The molecule has 0 bridgehead atoms. The molecule has 0 aliphatic carbocycles. The minimum atomic E-state index is -0.296. The zero-order valence-electron chi connectivity index (χ0n) is 18.7. The lowest BCUT2D eigenvalue weighted by Gasteiger charge is -2.22. The molecule has 2 aromatic rings. The molecule has 0 aromatic heterocycles. The highest BCUT2D eigenvalue weighted by molar-refractivity contribution is 5.69. The number of carbonyl (C=O) groups excluding carboxylic acids is 1. The van der Waals surface area contributed by atoms with Gasteiger partial charge in [-0.2, -0.15) is 0 Å². The van der Waals surface area contributed by atoms with E-state index in [1.165, 1.54) is 5.56 Å². The van der Waals surface area contributed by atoms with E-state index in [0.29, 0.717) is 19.6 Å². The summed E-state index contributed by atoms with van der Waals surface area (Å²) in [6.45, 7) is 3.03. The van der Waals surface area contributed by atoms with Crippen LogP contribution in [-0.4, -0.2) is 51.3 Å². The van der Waals surface area contributed by atoms with Crippen molar-refractivity contribution in [1.29, 1.82) is 0 Å². The average Bonchev–Trinajstić information content (AvgIpc) is 2.75. The van der Waals surface area contributed by atoms with Crippen LogP contribution in [0.4, 0.5) is 0 Å². The van der Waals surface area contributed by atoms with Gasteiger partial charge in [-0.05, 0) is 62.7 Å². The summed E-state index contributed by atoms with van der Waals surface area (Å²) in [5, 5.41) is 0. The van der Waals surface area contributed by atoms with E-state index < -0.39 is 0 Å². The van der Waals surface area contributed by atoms with E-state index in [1.807, 2.05) is 49.3 Å². The van der Waals surface area contributed by atoms with Crippen LogP contribution >= 0.6 is 0 Å². The van der Waals surface area contributed by atoms with Crippen molar-refractivity contribution in [3.63, 3.8) is 0 Å². The molecule has 0 amide bonds. The molecule has 5 heteroatoms. The highest BCUT2D eigenvalue weighted by Gasteiger charge is 2.17. The number of rotatable bonds is 13. The number of para-hydroxylation sites is 1. The van der Waals surface area contributed by atoms with Gasteiger partial charge in [-0.1, -0.05) is 43.7 Å². The molecule has 0 saturated carbocycles. The Balaban J connectivity index is 1.98. The number of hydrogen-bond acceptors (Lipinski definition) is 5. The first-order valence-electron chi connectivity index (χ1n) is 10.7. The summed E-state index contributed by atoms with van der Waals surface area (Å²) in [6.07, 6.45) is 3.74. The molecule has 164 valence electrons. The monoisotopic (exact) mass is 413 g/mol. The number of nitrogens with zero attached hydrogens (tertiary/aromatic N) is 1. The van der Waals surface area contributed by atoms with E-state index in [4.69, 9.17) is 14.2 Å². The minimum absolute atomic E-state index is 0.154. The molecular formula is C25H35NO4. The third-order valence-corrected chi connectivity index (χ3v) is 4.82. The number of ether oxygens (including phenoxy) is 3. The van der Waals surface area contributed by atoms with Crippen molar-refractivity contribution in [2.24, 2.45) is 0 Å². The first kappa shape index (κ1) is 23.7. The highest BCUT2D eigenvalue weighted by atomic mass is 16.6. The number of methoxy groups -OCH3 is 1. The van der Waals surface area contributed by atoms with Gasteiger partial charge in [-0.25, -0.2) is 0 Å². The first-order valence-corrected chi connectivity index (χ1v) is 10.7. The number of likely N-dealkylation sites (N-methyl/N-ethyl adjacent to an activating group) is 1. The number of carbonyl (C=O) groups is 1. The maximum absolute atomic E-state index is 12.1. The van der Waals surface area contributed by atoms with Crippen LogP contribution in [0.1, 0.15) is 37.3 Å². The molecule has 5 nitrogen and oxygen atoms in total. The molecule has 1 atom stereocenters. The van der Waals surface area contributed by atoms with Crippen molar-refractivity contribution in [3.05, 3.63) is 59.7 Å². The van der Waals surface area contributed by atoms with Gasteiger partial charge >= 0.3 is 5.97 Å². The summed E-state index contributed by atoms with van der Waals surface area (Å²) in [7, 11) is 5.62. The van der Waals surface area contributed by atoms with Crippen molar-refractivity contribution in [2.75, 3.05) is 34.4 Å². The second-order valence-corrected chi connectivity index (χ2v) is 7.75. The Bertz CT molecular complexity index is 775. The molecular weight excluding hydrogens is 378 g/mol. The number of unbranched alkanes of at least 4 members (excludes halogenated alkanes) is 1. The van der Waals surface area contributed by atoms with Crippen molar-refractivity contribution in [1.82, 2.24) is 4.90 Å². The fraction of sp³-hybridized carbons (Fsp3) is 0.480. The molecule has 1 unspecified atom stereocenters. The molecule has 0 radical (unpaired) electrons. The quantitative estimate of drug-likeness (QED) is 0.452. The van der Waals surface area contributed by atoms with Gasteiger partial charge in [0.2, 0.25) is 0 Å². The highest BCUT2D eigenvalue weighted by Crippen LogP contribution is 2.22. The number of esters is 1. The molecule has 2 aromatic carbocycles. The summed E-state index contributed by atoms with van der Waals surface area (Å²) in [6, 6.07) is 16.2. The Morgan fingerprint density at radius 3 is 2.60 bits per heavy atom. The molecule has 0 saturated heterocycles. The molecule has 0 N–H and O–H groups in total. The fourth-order valence-corrected chi connectivity index (χ4v) is 3.24. The van der Waals surface area contributed by atoms with Gasteiger partial charge < -0.3 is 19.1 Å². The van der Waals surface area contributed by atoms with Crippen LogP contribution in [-0.2, 0) is 22.4 Å². The van der Waals surface area contributed by atoms with E-state index in [9.17, 15) is 4.79 Å². The van der Waals surface area contributed by atoms with Crippen LogP contribution < -0.4 is 9.47 Å². The standard InChI is InChI=1S/C25H35NO4/c1-5-6-14-25(27)30-23(18-26(2)3)19-29-24-13-8-7-11-21(24)16-15-20-10-9-12-22(17-20)28-4/h7-13,17,23H,5-6,14-16,18-19H2,1-4H3. The second-order valence-electron chi connectivity index (χ2n) is 7.75. The number of aryl methyl sites for hydroxylation is 2. The lowest BCUT2D eigenvalue weighted by Crippen LogP contribution is -2.35. The van der Waals surface area contributed by atoms with Crippen molar-refractivity contribution < 1.29 is 19.0 Å². The molecule has 2 rings (SSSR count). The smallest absolute Gasteiger partial charge is 0.306 e. The zero-order chi connectivity index (χ0) is 21.8. The summed E-state index contributed by atoms with van der Waals surface area (Å²) < 4.78 is 17.1. The van der Waals surface area contributed by atoms with E-state index in [1.54, 1.807) is 7.11 Å². The molecule has 0 fully saturated rings. The third-order valence-electron chi connectivity index (χ3n) is 4.82. The fourth-order valence-electron chi connectivity index (χ4n) is 3.24. The van der Waals surface area contributed by atoms with Crippen LogP contribution in [0, 0.1) is 0 Å². The van der Waals surface area contributed by atoms with Crippen LogP contribution in [0.25, 0.3) is 0 Å². The van der Waals surface area contributed by atoms with Crippen molar-refractivity contribution in [2.45, 2.75) is 45.1 Å². The predicted molar refractivity (Wildman–Crippen MR) is 120 cm³/mol. The summed E-state index contributed by atoms with van der Waals surface area (Å²) in [5.41, 5.74) is 2.36. The Morgan fingerprint density at radius 1 is 1.07 bits per heavy atom. The summed E-state index contributed by atoms with van der Waals surface area (Å²) in [5.74, 6) is 1.56. The third kappa shape index (κ3) is 8.46. The van der Waals surface area contributed by atoms with Crippen molar-refractivity contribution >= 4 is 5.97 Å². The van der Waals surface area contributed by atoms with Crippen LogP contribution in [0.3, 0.4) is 0 Å². The number of hydrogen-bond donors (Lipinski definition) is 0. The summed E-state index contributed by atoms with van der Waals surface area (Å²) >= 11 is 0. The Morgan fingerprint density at radius 2 is 1.87 bits per heavy atom. The average molecular weight is 414 g/mol. The molecule has 0 aliphatic rings. The summed E-state index contributed by atoms with van der Waals surface area (Å²) in [4.78, 5) is 14.1. The topological polar surface area (TPSA) is 48.0 Å². The van der Waals surface area contributed by atoms with E-state index in [-0.39, 0.29) is 12.1 Å². The van der Waals surface area contributed by atoms with E-state index in [0.717, 1.165) is 42.7 Å². The first-order chi connectivity index (χ1) is 14.5. The lowest BCUT2D eigenvalue weighted by atomic mass is 10.0. The predicted octanol–water partition coefficient (Wildman–Crippen LogP) is 4.52. The van der Waals surface area contributed by atoms with Crippen LogP contribution in [0.2, 0.25) is 0 Å². The molecule has 30 heavy (non-hydrogen) atoms. The molecule has 0 spiro atoms. The normalized spacial score (nSPS) is 11.9. The van der Waals surface area contributed by atoms with Crippen LogP contribution in [0.5, 0.6) is 11.5 Å². The van der Waals surface area contributed by atoms with Crippen molar-refractivity contribution in [3.8, 4) is 11.5 Å². The minimum Gasteiger partial charge on any atom is -0.497 e. The number of benzene rings is 2. The van der Waals surface area contributed by atoms with Gasteiger partial charge in [-0.15, -0.1) is 0 Å². The zero-order valence-corrected chi connectivity index (χ0v) is 18.7.